The van der Waals surface area contributed by atoms with Gasteiger partial charge in [0, 0.05) is 6.42 Å². The molecule has 1 heteroatoms. The van der Waals surface area contributed by atoms with Crippen LogP contribution in [0.5, 0.6) is 0 Å². The molecule has 0 aromatic heterocycles. The van der Waals surface area contributed by atoms with Crippen LogP contribution in [-0.4, -0.2) is 0 Å². The summed E-state index contributed by atoms with van der Waals surface area (Å²) in [5, 5.41) is 8.30. The van der Waals surface area contributed by atoms with Crippen molar-refractivity contribution in [2.24, 2.45) is 5.92 Å². The molecular formula is C9H11N. The average molecular weight is 133 g/mol. The van der Waals surface area contributed by atoms with Gasteiger partial charge in [-0.3, -0.25) is 0 Å². The quantitative estimate of drug-likeness (QED) is 0.567. The van der Waals surface area contributed by atoms with Crippen molar-refractivity contribution in [1.29, 1.82) is 5.26 Å². The van der Waals surface area contributed by atoms with Crippen LogP contribution in [0.2, 0.25) is 0 Å². The molecule has 1 rings (SSSR count). The van der Waals surface area contributed by atoms with Crippen molar-refractivity contribution in [3.05, 3.63) is 24.3 Å². The zero-order chi connectivity index (χ0) is 7.23. The van der Waals surface area contributed by atoms with E-state index in [0.717, 1.165) is 12.8 Å². The summed E-state index contributed by atoms with van der Waals surface area (Å²) in [5.41, 5.74) is 0. The molecule has 1 nitrogen and oxygen atoms in total. The number of nitrogens with zero attached hydrogens (tertiary/aromatic N) is 1. The Kier molecular flexibility index (Phi) is 2.76. The van der Waals surface area contributed by atoms with Gasteiger partial charge in [-0.25, -0.2) is 0 Å². The van der Waals surface area contributed by atoms with Gasteiger partial charge in [0.25, 0.3) is 0 Å². The SMILES string of the molecule is N#CCCC1C=CC=CC1. The zero-order valence-electron chi connectivity index (χ0n) is 5.96. The molecule has 52 valence electrons. The number of rotatable bonds is 2. The van der Waals surface area contributed by atoms with Gasteiger partial charge in [0.2, 0.25) is 0 Å². The third-order valence-electron chi connectivity index (χ3n) is 1.70. The van der Waals surface area contributed by atoms with Gasteiger partial charge in [-0.05, 0) is 18.8 Å². The Hall–Kier alpha value is -1.03. The van der Waals surface area contributed by atoms with E-state index >= 15 is 0 Å². The number of hydrogen-bond acceptors (Lipinski definition) is 1. The minimum atomic E-state index is 0.615. The molecule has 10 heavy (non-hydrogen) atoms. The molecule has 0 aromatic carbocycles. The summed E-state index contributed by atoms with van der Waals surface area (Å²) in [4.78, 5) is 0. The Bertz CT molecular complexity index is 183. The first-order valence-electron chi connectivity index (χ1n) is 3.64. The van der Waals surface area contributed by atoms with Crippen molar-refractivity contribution < 1.29 is 0 Å². The molecule has 0 aliphatic heterocycles. The minimum Gasteiger partial charge on any atom is -0.198 e. The Labute approximate surface area is 61.7 Å². The van der Waals surface area contributed by atoms with Crippen molar-refractivity contribution >= 4 is 0 Å². The highest BCUT2D eigenvalue weighted by atomic mass is 14.2. The van der Waals surface area contributed by atoms with Crippen molar-refractivity contribution in [1.82, 2.24) is 0 Å². The van der Waals surface area contributed by atoms with Gasteiger partial charge in [0.1, 0.15) is 0 Å². The van der Waals surface area contributed by atoms with E-state index in [1.807, 2.05) is 0 Å². The van der Waals surface area contributed by atoms with Crippen molar-refractivity contribution in [3.63, 3.8) is 0 Å². The summed E-state index contributed by atoms with van der Waals surface area (Å²) in [7, 11) is 0. The van der Waals surface area contributed by atoms with Crippen LogP contribution in [0.3, 0.4) is 0 Å². The number of allylic oxidation sites excluding steroid dienone is 4. The highest BCUT2D eigenvalue weighted by Crippen LogP contribution is 2.16. The molecule has 0 spiro atoms. The largest absolute Gasteiger partial charge is 0.198 e. The number of hydrogen-bond donors (Lipinski definition) is 0. The zero-order valence-corrected chi connectivity index (χ0v) is 5.96. The predicted octanol–water partition coefficient (Wildman–Crippen LogP) is 2.42. The first-order valence-corrected chi connectivity index (χ1v) is 3.64. The van der Waals surface area contributed by atoms with Gasteiger partial charge >= 0.3 is 0 Å². The fourth-order valence-corrected chi connectivity index (χ4v) is 1.10. The van der Waals surface area contributed by atoms with E-state index < -0.39 is 0 Å². The maximum Gasteiger partial charge on any atom is 0.0621 e. The van der Waals surface area contributed by atoms with Crippen LogP contribution in [-0.2, 0) is 0 Å². The lowest BCUT2D eigenvalue weighted by Crippen LogP contribution is -1.95. The van der Waals surface area contributed by atoms with E-state index in [-0.39, 0.29) is 0 Å². The maximum absolute atomic E-state index is 8.30. The van der Waals surface area contributed by atoms with Crippen LogP contribution >= 0.6 is 0 Å². The lowest BCUT2D eigenvalue weighted by atomic mass is 9.96. The standard InChI is InChI=1S/C9H11N/c10-8-4-7-9-5-2-1-3-6-9/h1-3,5,9H,4,6-7H2. The second-order valence-electron chi connectivity index (χ2n) is 2.51. The van der Waals surface area contributed by atoms with E-state index in [0.29, 0.717) is 12.3 Å². The minimum absolute atomic E-state index is 0.615. The monoisotopic (exact) mass is 133 g/mol. The van der Waals surface area contributed by atoms with Gasteiger partial charge in [-0.1, -0.05) is 24.3 Å². The Morgan fingerprint density at radius 1 is 1.50 bits per heavy atom. The molecule has 0 saturated heterocycles. The highest BCUT2D eigenvalue weighted by Gasteiger charge is 2.02. The molecule has 1 atom stereocenters. The van der Waals surface area contributed by atoms with Crippen LogP contribution in [0.15, 0.2) is 24.3 Å². The topological polar surface area (TPSA) is 23.8 Å². The molecule has 0 fully saturated rings. The Balaban J connectivity index is 2.25. The lowest BCUT2D eigenvalue weighted by molar-refractivity contribution is 0.605. The van der Waals surface area contributed by atoms with E-state index in [1.54, 1.807) is 0 Å². The third-order valence-corrected chi connectivity index (χ3v) is 1.70. The summed E-state index contributed by atoms with van der Waals surface area (Å²) in [6.07, 6.45) is 11.3. The van der Waals surface area contributed by atoms with E-state index in [2.05, 4.69) is 30.4 Å². The first-order chi connectivity index (χ1) is 4.93. The van der Waals surface area contributed by atoms with E-state index in [4.69, 9.17) is 5.26 Å². The van der Waals surface area contributed by atoms with E-state index in [9.17, 15) is 0 Å². The molecule has 0 heterocycles. The third kappa shape index (κ3) is 2.06. The van der Waals surface area contributed by atoms with Crippen molar-refractivity contribution in [2.45, 2.75) is 19.3 Å². The van der Waals surface area contributed by atoms with Gasteiger partial charge in [-0.2, -0.15) is 5.26 Å². The Morgan fingerprint density at radius 2 is 2.40 bits per heavy atom. The van der Waals surface area contributed by atoms with Gasteiger partial charge < -0.3 is 0 Å². The smallest absolute Gasteiger partial charge is 0.0621 e. The van der Waals surface area contributed by atoms with Crippen LogP contribution in [0, 0.1) is 17.2 Å². The second kappa shape index (κ2) is 3.90. The average Bonchev–Trinajstić information content (AvgIpc) is 2.03. The highest BCUT2D eigenvalue weighted by molar-refractivity contribution is 5.10. The molecule has 0 aromatic rings. The number of nitriles is 1. The van der Waals surface area contributed by atoms with Crippen LogP contribution in [0.25, 0.3) is 0 Å². The first kappa shape index (κ1) is 7.08. The molecule has 0 bridgehead atoms. The summed E-state index contributed by atoms with van der Waals surface area (Å²) < 4.78 is 0. The van der Waals surface area contributed by atoms with Gasteiger partial charge in [0.15, 0.2) is 0 Å². The summed E-state index contributed by atoms with van der Waals surface area (Å²) in [5.74, 6) is 0.615. The van der Waals surface area contributed by atoms with Crippen LogP contribution in [0.1, 0.15) is 19.3 Å². The second-order valence-corrected chi connectivity index (χ2v) is 2.51. The summed E-state index contributed by atoms with van der Waals surface area (Å²) >= 11 is 0. The molecule has 1 aliphatic carbocycles. The lowest BCUT2D eigenvalue weighted by Gasteiger charge is -2.09. The van der Waals surface area contributed by atoms with Crippen molar-refractivity contribution in [3.8, 4) is 6.07 Å². The molecule has 0 saturated carbocycles. The van der Waals surface area contributed by atoms with Crippen LogP contribution in [0.4, 0.5) is 0 Å². The van der Waals surface area contributed by atoms with Gasteiger partial charge in [0.05, 0.1) is 6.07 Å². The predicted molar refractivity (Wildman–Crippen MR) is 41.2 cm³/mol. The van der Waals surface area contributed by atoms with Gasteiger partial charge in [-0.15, -0.1) is 0 Å². The fourth-order valence-electron chi connectivity index (χ4n) is 1.10. The molecule has 0 radical (unpaired) electrons. The molecule has 1 unspecified atom stereocenters. The van der Waals surface area contributed by atoms with Crippen LogP contribution < -0.4 is 0 Å². The summed E-state index contributed by atoms with van der Waals surface area (Å²) in [6.45, 7) is 0. The van der Waals surface area contributed by atoms with Crippen molar-refractivity contribution in [2.75, 3.05) is 0 Å². The molecule has 0 amide bonds. The summed E-state index contributed by atoms with van der Waals surface area (Å²) in [6, 6.07) is 2.16. The van der Waals surface area contributed by atoms with E-state index in [1.165, 1.54) is 0 Å². The maximum atomic E-state index is 8.30. The molecular weight excluding hydrogens is 122 g/mol. The Morgan fingerprint density at radius 3 is 3.00 bits per heavy atom. The normalized spacial score (nSPS) is 22.5. The molecule has 1 aliphatic rings. The fraction of sp³-hybridized carbons (Fsp3) is 0.444. The molecule has 0 N–H and O–H groups in total.